The minimum atomic E-state index is -3.17. The predicted octanol–water partition coefficient (Wildman–Crippen LogP) is 4.58. The van der Waals surface area contributed by atoms with Gasteiger partial charge in [0.05, 0.1) is 12.2 Å². The molecule has 5 heteroatoms. The van der Waals surface area contributed by atoms with Gasteiger partial charge in [0, 0.05) is 17.5 Å². The summed E-state index contributed by atoms with van der Waals surface area (Å²) in [5.74, 6) is 0.485. The molecule has 128 valence electrons. The molecule has 2 bridgehead atoms. The van der Waals surface area contributed by atoms with E-state index in [1.54, 1.807) is 6.08 Å². The molecule has 4 nitrogen and oxygen atoms in total. The Morgan fingerprint density at radius 3 is 2.65 bits per heavy atom. The summed E-state index contributed by atoms with van der Waals surface area (Å²) in [6.45, 7) is 14.8. The number of nitrogens with zero attached hydrogens (tertiary/aromatic N) is 2. The highest BCUT2D eigenvalue weighted by molar-refractivity contribution is 7.58. The number of allylic oxidation sites excluding steroid dienone is 1. The van der Waals surface area contributed by atoms with Gasteiger partial charge in [-0.1, -0.05) is 26.8 Å². The molecule has 0 aromatic heterocycles. The quantitative estimate of drug-likeness (QED) is 0.557. The van der Waals surface area contributed by atoms with Crippen molar-refractivity contribution >= 4 is 7.52 Å². The maximum absolute atomic E-state index is 13.8. The van der Waals surface area contributed by atoms with Crippen molar-refractivity contribution in [2.24, 2.45) is 16.7 Å². The fraction of sp³-hybridized carbons (Fsp3) is 0.833. The molecule has 2 saturated carbocycles. The lowest BCUT2D eigenvalue weighted by Crippen LogP contribution is -2.44. The molecule has 1 aliphatic heterocycles. The minimum Gasteiger partial charge on any atom is -0.311 e. The molecule has 0 radical (unpaired) electrons. The smallest absolute Gasteiger partial charge is 0.290 e. The zero-order chi connectivity index (χ0) is 17.2. The van der Waals surface area contributed by atoms with Gasteiger partial charge in [0.15, 0.2) is 0 Å². The average Bonchev–Trinajstić information content (AvgIpc) is 2.95. The average molecular weight is 336 g/mol. The SMILES string of the molecule is C=CC[C@@H](C#N)P1(=O)O[C@@H]2[C@@H]([C@H]3CC[C@]2(C)C3(C)C)N1C(C)C. The maximum Gasteiger partial charge on any atom is 0.290 e. The molecule has 3 fully saturated rings. The first-order valence-electron chi connectivity index (χ1n) is 8.72. The van der Waals surface area contributed by atoms with E-state index in [2.05, 4.69) is 51.9 Å². The summed E-state index contributed by atoms with van der Waals surface area (Å²) in [6.07, 6.45) is 4.36. The summed E-state index contributed by atoms with van der Waals surface area (Å²) in [7, 11) is -3.17. The first-order valence-corrected chi connectivity index (χ1v) is 10.4. The molecule has 0 aromatic carbocycles. The Morgan fingerprint density at radius 2 is 2.13 bits per heavy atom. The molecule has 2 aliphatic carbocycles. The minimum absolute atomic E-state index is 0.0230. The molecule has 1 saturated heterocycles. The summed E-state index contributed by atoms with van der Waals surface area (Å²) in [6, 6.07) is 2.52. The van der Waals surface area contributed by atoms with Crippen molar-refractivity contribution in [1.29, 1.82) is 5.26 Å². The highest BCUT2D eigenvalue weighted by atomic mass is 31.2. The monoisotopic (exact) mass is 336 g/mol. The van der Waals surface area contributed by atoms with Crippen LogP contribution in [0.15, 0.2) is 12.7 Å². The van der Waals surface area contributed by atoms with E-state index in [4.69, 9.17) is 4.52 Å². The van der Waals surface area contributed by atoms with Crippen LogP contribution in [0.3, 0.4) is 0 Å². The second kappa shape index (κ2) is 5.19. The largest absolute Gasteiger partial charge is 0.311 e. The lowest BCUT2D eigenvalue weighted by molar-refractivity contribution is 0.0356. The summed E-state index contributed by atoms with van der Waals surface area (Å²) in [5, 5.41) is 9.58. The van der Waals surface area contributed by atoms with E-state index in [0.29, 0.717) is 12.3 Å². The molecule has 6 atom stereocenters. The van der Waals surface area contributed by atoms with Crippen LogP contribution in [0.25, 0.3) is 0 Å². The van der Waals surface area contributed by atoms with Crippen LogP contribution < -0.4 is 0 Å². The first kappa shape index (κ1) is 17.2. The van der Waals surface area contributed by atoms with Crippen LogP contribution in [0.5, 0.6) is 0 Å². The van der Waals surface area contributed by atoms with Crippen LogP contribution in [0.2, 0.25) is 0 Å². The Kier molecular flexibility index (Phi) is 3.88. The van der Waals surface area contributed by atoms with Gasteiger partial charge in [0.2, 0.25) is 0 Å². The Balaban J connectivity index is 2.08. The van der Waals surface area contributed by atoms with Crippen molar-refractivity contribution in [3.05, 3.63) is 12.7 Å². The van der Waals surface area contributed by atoms with E-state index in [1.807, 2.05) is 0 Å². The highest BCUT2D eigenvalue weighted by Gasteiger charge is 2.74. The molecule has 1 heterocycles. The van der Waals surface area contributed by atoms with Gasteiger partial charge in [-0.2, -0.15) is 5.26 Å². The van der Waals surface area contributed by atoms with E-state index in [9.17, 15) is 9.83 Å². The van der Waals surface area contributed by atoms with Crippen molar-refractivity contribution < 1.29 is 9.09 Å². The van der Waals surface area contributed by atoms with E-state index in [-0.39, 0.29) is 29.0 Å². The zero-order valence-electron chi connectivity index (χ0n) is 15.0. The van der Waals surface area contributed by atoms with Crippen LogP contribution in [0.4, 0.5) is 0 Å². The zero-order valence-corrected chi connectivity index (χ0v) is 15.8. The van der Waals surface area contributed by atoms with Crippen molar-refractivity contribution in [3.8, 4) is 6.07 Å². The van der Waals surface area contributed by atoms with E-state index in [0.717, 1.165) is 12.8 Å². The fourth-order valence-electron chi connectivity index (χ4n) is 5.48. The van der Waals surface area contributed by atoms with Crippen LogP contribution in [0.1, 0.15) is 53.9 Å². The van der Waals surface area contributed by atoms with Crippen molar-refractivity contribution in [3.63, 3.8) is 0 Å². The number of hydrogen-bond acceptors (Lipinski definition) is 3. The Labute approximate surface area is 140 Å². The second-order valence-electron chi connectivity index (χ2n) is 8.51. The summed E-state index contributed by atoms with van der Waals surface area (Å²) in [5.41, 5.74) is -0.393. The van der Waals surface area contributed by atoms with Gasteiger partial charge in [0.25, 0.3) is 7.52 Å². The number of nitriles is 1. The van der Waals surface area contributed by atoms with Gasteiger partial charge in [0.1, 0.15) is 5.66 Å². The van der Waals surface area contributed by atoms with Crippen molar-refractivity contribution in [1.82, 2.24) is 4.67 Å². The number of hydrogen-bond donors (Lipinski definition) is 0. The molecule has 0 aromatic rings. The van der Waals surface area contributed by atoms with E-state index >= 15 is 0 Å². The third kappa shape index (κ3) is 1.94. The van der Waals surface area contributed by atoms with Gasteiger partial charge in [-0.25, -0.2) is 4.67 Å². The maximum atomic E-state index is 13.8. The Bertz CT molecular complexity index is 609. The Morgan fingerprint density at radius 1 is 1.48 bits per heavy atom. The molecule has 0 N–H and O–H groups in total. The van der Waals surface area contributed by atoms with Crippen LogP contribution in [0, 0.1) is 28.1 Å². The second-order valence-corrected chi connectivity index (χ2v) is 10.9. The molecular weight excluding hydrogens is 307 g/mol. The van der Waals surface area contributed by atoms with Gasteiger partial charge >= 0.3 is 0 Å². The third-order valence-electron chi connectivity index (χ3n) is 7.08. The fourth-order valence-corrected chi connectivity index (χ4v) is 8.60. The van der Waals surface area contributed by atoms with Crippen LogP contribution in [-0.4, -0.2) is 28.5 Å². The van der Waals surface area contributed by atoms with Gasteiger partial charge in [-0.05, 0) is 44.4 Å². The normalized spacial score (nSPS) is 45.9. The van der Waals surface area contributed by atoms with Crippen molar-refractivity contribution in [2.45, 2.75) is 77.7 Å². The van der Waals surface area contributed by atoms with E-state index in [1.165, 1.54) is 0 Å². The van der Waals surface area contributed by atoms with Crippen LogP contribution >= 0.6 is 7.52 Å². The summed E-state index contributed by atoms with van der Waals surface area (Å²) >= 11 is 0. The van der Waals surface area contributed by atoms with Gasteiger partial charge < -0.3 is 4.52 Å². The topological polar surface area (TPSA) is 53.3 Å². The Hall–Kier alpha value is -0.620. The van der Waals surface area contributed by atoms with Gasteiger partial charge in [-0.15, -0.1) is 6.58 Å². The predicted molar refractivity (Wildman–Crippen MR) is 92.1 cm³/mol. The van der Waals surface area contributed by atoms with E-state index < -0.39 is 13.2 Å². The highest BCUT2D eigenvalue weighted by Crippen LogP contribution is 2.77. The molecule has 3 rings (SSSR count). The molecule has 0 amide bonds. The lowest BCUT2D eigenvalue weighted by atomic mass is 9.70. The molecule has 0 spiro atoms. The first-order chi connectivity index (χ1) is 10.6. The number of rotatable bonds is 4. The summed E-state index contributed by atoms with van der Waals surface area (Å²) < 4.78 is 22.3. The molecular formula is C18H29N2O2P. The van der Waals surface area contributed by atoms with Crippen molar-refractivity contribution in [2.75, 3.05) is 0 Å². The lowest BCUT2D eigenvalue weighted by Gasteiger charge is -2.39. The van der Waals surface area contributed by atoms with Crippen LogP contribution in [-0.2, 0) is 9.09 Å². The molecule has 23 heavy (non-hydrogen) atoms. The number of fused-ring (bicyclic) bond motifs is 5. The molecule has 1 unspecified atom stereocenters. The molecule has 3 aliphatic rings. The standard InChI is InChI=1S/C18H29N2O2P/c1-7-8-13(11-19)23(21)20(12(2)3)15-14-9-10-18(6,16(15)22-23)17(14,4)5/h7,12-16H,1,8-10H2,2-6H3/t13-,14+,15+,16+,18-,23?/m0/s1. The summed E-state index contributed by atoms with van der Waals surface area (Å²) in [4.78, 5) is 0. The van der Waals surface area contributed by atoms with Gasteiger partial charge in [-0.3, -0.25) is 4.57 Å². The third-order valence-corrected chi connectivity index (χ3v) is 10.1.